The van der Waals surface area contributed by atoms with Crippen molar-refractivity contribution < 1.29 is 21.2 Å². The molecule has 5 heteroatoms. The first-order valence-corrected chi connectivity index (χ1v) is 9.36. The molecule has 0 fully saturated rings. The van der Waals surface area contributed by atoms with Crippen LogP contribution in [0.4, 0.5) is 0 Å². The normalized spacial score (nSPS) is 8.12. The minimum Gasteiger partial charge on any atom is -0.107 e. The second-order valence-corrected chi connectivity index (χ2v) is 6.00. The van der Waals surface area contributed by atoms with Crippen LogP contribution in [0, 0.1) is 32.0 Å². The number of terminal acetylenes is 1. The zero-order valence-corrected chi connectivity index (χ0v) is 18.1. The molecule has 3 aromatic rings. The first-order chi connectivity index (χ1) is 12.4. The molecule has 0 saturated heterocycles. The smallest absolute Gasteiger partial charge is 0.107 e. The molecule has 0 bridgehead atoms. The fraction of sp³-hybridized carbons (Fsp3) is 0. The van der Waals surface area contributed by atoms with Crippen LogP contribution in [0.25, 0.3) is 0 Å². The van der Waals surface area contributed by atoms with E-state index in [-0.39, 0.29) is 45.2 Å². The molecule has 3 nitrogen and oxygen atoms in total. The van der Waals surface area contributed by atoms with Crippen molar-refractivity contribution in [1.29, 1.82) is 0 Å². The molecule has 0 aliphatic carbocycles. The van der Waals surface area contributed by atoms with Crippen LogP contribution >= 0.6 is 24.0 Å². The molecule has 0 unspecified atom stereocenters. The average molecular weight is 562 g/mol. The Labute approximate surface area is 181 Å². The van der Waals surface area contributed by atoms with E-state index in [0.29, 0.717) is 0 Å². The summed E-state index contributed by atoms with van der Waals surface area (Å²) in [7, 11) is 0. The van der Waals surface area contributed by atoms with Gasteiger partial charge in [0.15, 0.2) is 0 Å². The number of halogens is 2. The SMILES string of the molecule is C#Cc1ccncc1.C(#Cc1ccncc1)[I-]C#Cc1ccncc1.I. The van der Waals surface area contributed by atoms with Gasteiger partial charge in [-0.25, -0.2) is 0 Å². The molecule has 26 heavy (non-hydrogen) atoms. The summed E-state index contributed by atoms with van der Waals surface area (Å²) in [5.74, 6) is 8.64. The van der Waals surface area contributed by atoms with Gasteiger partial charge < -0.3 is 0 Å². The first kappa shape index (κ1) is 21.6. The molecule has 0 amide bonds. The monoisotopic (exact) mass is 562 g/mol. The van der Waals surface area contributed by atoms with E-state index in [1.165, 1.54) is 0 Å². The largest absolute Gasteiger partial charge is 0.107 e. The number of pyridine rings is 3. The van der Waals surface area contributed by atoms with Crippen LogP contribution in [-0.2, 0) is 0 Å². The van der Waals surface area contributed by atoms with E-state index >= 15 is 0 Å². The predicted molar refractivity (Wildman–Crippen MR) is 110 cm³/mol. The number of hydrogen-bond donors (Lipinski definition) is 0. The summed E-state index contributed by atoms with van der Waals surface area (Å²) in [5, 5.41) is 0. The summed E-state index contributed by atoms with van der Waals surface area (Å²) in [6.07, 6.45) is 15.4. The van der Waals surface area contributed by atoms with E-state index in [2.05, 4.69) is 40.6 Å². The molecule has 3 aromatic heterocycles. The fourth-order valence-corrected chi connectivity index (χ4v) is 2.53. The predicted octanol–water partition coefficient (Wildman–Crippen LogP) is 0.565. The Balaban J connectivity index is 0.000000318. The summed E-state index contributed by atoms with van der Waals surface area (Å²) < 4.78 is 6.23. The van der Waals surface area contributed by atoms with Gasteiger partial charge in [-0.05, 0) is 12.1 Å². The Morgan fingerprint density at radius 2 is 0.962 bits per heavy atom. The summed E-state index contributed by atoms with van der Waals surface area (Å²) in [6, 6.07) is 11.2. The third-order valence-corrected chi connectivity index (χ3v) is 3.76. The summed E-state index contributed by atoms with van der Waals surface area (Å²) >= 11 is -0.390. The molecular formula is C21H14I2N3-. The summed E-state index contributed by atoms with van der Waals surface area (Å²) in [6.45, 7) is 0. The van der Waals surface area contributed by atoms with Crippen molar-refractivity contribution in [2.75, 3.05) is 0 Å². The maximum atomic E-state index is 5.07. The molecule has 0 aromatic carbocycles. The second kappa shape index (κ2) is 13.8. The standard InChI is InChI=1S/C14H8IN2.C7H5N.HI/c1(13-3-9-16-10-4-13)7-15-8-2-14-5-11-17-12-6-14;1-2-7-3-5-8-6-4-7;/h3-6,9-12H;1,3-6H;1H/q-1;;. The van der Waals surface area contributed by atoms with Crippen molar-refractivity contribution in [3.05, 3.63) is 90.3 Å². The fourth-order valence-electron chi connectivity index (χ4n) is 1.50. The maximum Gasteiger partial charge on any atom is -0.107 e. The van der Waals surface area contributed by atoms with Gasteiger partial charge in [0, 0.05) is 18.0 Å². The zero-order chi connectivity index (χ0) is 17.6. The zero-order valence-electron chi connectivity index (χ0n) is 13.6. The van der Waals surface area contributed by atoms with E-state index in [0.717, 1.165) is 16.7 Å². The topological polar surface area (TPSA) is 38.7 Å². The quantitative estimate of drug-likeness (QED) is 0.298. The van der Waals surface area contributed by atoms with Gasteiger partial charge in [-0.3, -0.25) is 4.98 Å². The number of aromatic nitrogens is 3. The maximum absolute atomic E-state index is 5.07. The molecule has 128 valence electrons. The van der Waals surface area contributed by atoms with Gasteiger partial charge in [0.25, 0.3) is 0 Å². The minimum absolute atomic E-state index is 0. The average Bonchev–Trinajstić information content (AvgIpc) is 2.70. The van der Waals surface area contributed by atoms with Crippen LogP contribution in [0.5, 0.6) is 0 Å². The van der Waals surface area contributed by atoms with Crippen molar-refractivity contribution in [1.82, 2.24) is 15.0 Å². The van der Waals surface area contributed by atoms with E-state index in [1.54, 1.807) is 49.3 Å². The number of nitrogens with zero attached hydrogens (tertiary/aromatic N) is 3. The van der Waals surface area contributed by atoms with Crippen molar-refractivity contribution in [3.63, 3.8) is 0 Å². The molecule has 3 heterocycles. The van der Waals surface area contributed by atoms with Crippen molar-refractivity contribution in [2.24, 2.45) is 0 Å². The van der Waals surface area contributed by atoms with Crippen molar-refractivity contribution >= 4 is 24.0 Å². The Morgan fingerprint density at radius 1 is 0.615 bits per heavy atom. The molecular weight excluding hydrogens is 548 g/mol. The van der Waals surface area contributed by atoms with Crippen LogP contribution in [0.15, 0.2) is 73.6 Å². The van der Waals surface area contributed by atoms with Crippen LogP contribution in [0.1, 0.15) is 16.7 Å². The molecule has 0 N–H and O–H groups in total. The number of hydrogen-bond acceptors (Lipinski definition) is 3. The van der Waals surface area contributed by atoms with Gasteiger partial charge in [0.2, 0.25) is 0 Å². The van der Waals surface area contributed by atoms with Crippen LogP contribution < -0.4 is 21.2 Å². The molecule has 0 aliphatic heterocycles. The van der Waals surface area contributed by atoms with Gasteiger partial charge in [0.1, 0.15) is 0 Å². The molecule has 0 radical (unpaired) electrons. The minimum atomic E-state index is -0.390. The van der Waals surface area contributed by atoms with E-state index in [9.17, 15) is 0 Å². The van der Waals surface area contributed by atoms with E-state index < -0.39 is 0 Å². The van der Waals surface area contributed by atoms with Crippen LogP contribution in [0.2, 0.25) is 0 Å². The Bertz CT molecular complexity index is 875. The van der Waals surface area contributed by atoms with Crippen molar-refractivity contribution in [2.45, 2.75) is 0 Å². The van der Waals surface area contributed by atoms with E-state index in [4.69, 9.17) is 6.42 Å². The number of rotatable bonds is 0. The van der Waals surface area contributed by atoms with Gasteiger partial charge in [-0.15, -0.1) is 30.4 Å². The molecule has 0 spiro atoms. The Kier molecular flexibility index (Phi) is 11.5. The Morgan fingerprint density at radius 3 is 1.27 bits per heavy atom. The van der Waals surface area contributed by atoms with Gasteiger partial charge in [-0.2, -0.15) is 0 Å². The first-order valence-electron chi connectivity index (χ1n) is 7.20. The van der Waals surface area contributed by atoms with Crippen LogP contribution in [0.3, 0.4) is 0 Å². The third kappa shape index (κ3) is 9.17. The molecule has 0 aliphatic rings. The van der Waals surface area contributed by atoms with Crippen molar-refractivity contribution in [3.8, 4) is 32.0 Å². The third-order valence-electron chi connectivity index (χ3n) is 2.69. The second-order valence-electron chi connectivity index (χ2n) is 4.39. The molecule has 3 rings (SSSR count). The van der Waals surface area contributed by atoms with Crippen LogP contribution in [-0.4, -0.2) is 15.0 Å². The molecule has 0 atom stereocenters. The Hall–Kier alpha value is -2.41. The summed E-state index contributed by atoms with van der Waals surface area (Å²) in [4.78, 5) is 11.7. The van der Waals surface area contributed by atoms with E-state index in [1.807, 2.05) is 24.3 Å². The van der Waals surface area contributed by atoms with Gasteiger partial charge in [-0.1, -0.05) is 5.92 Å². The molecule has 0 saturated carbocycles. The van der Waals surface area contributed by atoms with Gasteiger partial charge in [0.05, 0.1) is 0 Å². The summed E-state index contributed by atoms with van der Waals surface area (Å²) in [5.41, 5.74) is 2.86. The van der Waals surface area contributed by atoms with Gasteiger partial charge >= 0.3 is 111 Å².